The normalized spacial score (nSPS) is 7.54. The molecule has 3 heteroatoms. The zero-order valence-corrected chi connectivity index (χ0v) is 8.83. The van der Waals surface area contributed by atoms with Crippen molar-refractivity contribution in [1.82, 2.24) is 0 Å². The summed E-state index contributed by atoms with van der Waals surface area (Å²) in [5.74, 6) is 0. The van der Waals surface area contributed by atoms with Gasteiger partial charge in [0.15, 0.2) is 0 Å². The molecule has 0 saturated heterocycles. The number of nitrogens with two attached hydrogens (primary N) is 2. The van der Waals surface area contributed by atoms with Crippen molar-refractivity contribution in [2.75, 3.05) is 19.9 Å². The predicted octanol–water partition coefficient (Wildman–Crippen LogP) is 1.07. The van der Waals surface area contributed by atoms with E-state index in [2.05, 4.69) is 18.7 Å². The first-order valence-electron chi connectivity index (χ1n) is 4.06. The highest BCUT2D eigenvalue weighted by atomic mass is 16.2. The number of benzene rings is 1. The van der Waals surface area contributed by atoms with Crippen LogP contribution in [0.15, 0.2) is 18.2 Å². The molecule has 0 heterocycles. The number of aliphatic hydroxyl groups is 1. The monoisotopic (exact) mass is 184 g/mol. The standard InChI is InChI=1S/C8H11N.CH5N.CH4O/c1-6-4-3-5-8(9)7(6)2;2*1-2/h3-5H,9H2,1-2H3;2H2,1H3;2H,1H3. The van der Waals surface area contributed by atoms with Gasteiger partial charge in [-0.2, -0.15) is 0 Å². The van der Waals surface area contributed by atoms with Gasteiger partial charge in [0.2, 0.25) is 0 Å². The topological polar surface area (TPSA) is 72.3 Å². The zero-order chi connectivity index (χ0) is 10.9. The molecule has 1 aromatic carbocycles. The fourth-order valence-electron chi connectivity index (χ4n) is 0.774. The van der Waals surface area contributed by atoms with E-state index in [-0.39, 0.29) is 0 Å². The highest BCUT2D eigenvalue weighted by Crippen LogP contribution is 2.13. The molecule has 13 heavy (non-hydrogen) atoms. The van der Waals surface area contributed by atoms with Crippen molar-refractivity contribution in [2.24, 2.45) is 5.73 Å². The molecular formula is C10H20N2O. The average Bonchev–Trinajstić information content (AvgIpc) is 2.20. The zero-order valence-electron chi connectivity index (χ0n) is 8.83. The van der Waals surface area contributed by atoms with Crippen molar-refractivity contribution >= 4 is 5.69 Å². The maximum atomic E-state index is 7.00. The maximum Gasteiger partial charge on any atom is 0.0346 e. The van der Waals surface area contributed by atoms with E-state index >= 15 is 0 Å². The Kier molecular flexibility index (Phi) is 10.0. The average molecular weight is 184 g/mol. The molecule has 3 nitrogen and oxygen atoms in total. The molecule has 0 saturated carbocycles. The van der Waals surface area contributed by atoms with Crippen molar-refractivity contribution in [1.29, 1.82) is 0 Å². The van der Waals surface area contributed by atoms with Gasteiger partial charge in [-0.3, -0.25) is 0 Å². The molecule has 0 aliphatic heterocycles. The summed E-state index contributed by atoms with van der Waals surface area (Å²) in [5.41, 5.74) is 13.5. The van der Waals surface area contributed by atoms with Gasteiger partial charge in [0.1, 0.15) is 0 Å². The highest BCUT2D eigenvalue weighted by molar-refractivity contribution is 5.49. The van der Waals surface area contributed by atoms with Crippen molar-refractivity contribution in [3.63, 3.8) is 0 Å². The summed E-state index contributed by atoms with van der Waals surface area (Å²) >= 11 is 0. The number of anilines is 1. The SMILES string of the molecule is CN.CO.Cc1cccc(N)c1C. The summed E-state index contributed by atoms with van der Waals surface area (Å²) in [6, 6.07) is 5.95. The van der Waals surface area contributed by atoms with E-state index in [1.807, 2.05) is 19.1 Å². The maximum absolute atomic E-state index is 7.00. The van der Waals surface area contributed by atoms with Crippen molar-refractivity contribution in [3.05, 3.63) is 29.3 Å². The molecule has 0 radical (unpaired) electrons. The van der Waals surface area contributed by atoms with E-state index in [9.17, 15) is 0 Å². The van der Waals surface area contributed by atoms with E-state index < -0.39 is 0 Å². The molecular weight excluding hydrogens is 164 g/mol. The smallest absolute Gasteiger partial charge is 0.0346 e. The lowest BCUT2D eigenvalue weighted by atomic mass is 10.1. The van der Waals surface area contributed by atoms with E-state index in [0.29, 0.717) is 0 Å². The number of aliphatic hydroxyl groups excluding tert-OH is 1. The highest BCUT2D eigenvalue weighted by Gasteiger charge is 1.92. The first-order chi connectivity index (χ1) is 6.22. The van der Waals surface area contributed by atoms with Crippen LogP contribution in [0.3, 0.4) is 0 Å². The summed E-state index contributed by atoms with van der Waals surface area (Å²) < 4.78 is 0. The Morgan fingerprint density at radius 3 is 1.85 bits per heavy atom. The summed E-state index contributed by atoms with van der Waals surface area (Å²) in [6.07, 6.45) is 0. The molecule has 0 fully saturated rings. The third-order valence-electron chi connectivity index (χ3n) is 1.65. The Balaban J connectivity index is 0. The van der Waals surface area contributed by atoms with Gasteiger partial charge in [0.25, 0.3) is 0 Å². The summed E-state index contributed by atoms with van der Waals surface area (Å²) in [6.45, 7) is 4.09. The van der Waals surface area contributed by atoms with Crippen LogP contribution >= 0.6 is 0 Å². The van der Waals surface area contributed by atoms with Crippen LogP contribution in [0.4, 0.5) is 5.69 Å². The lowest BCUT2D eigenvalue weighted by Crippen LogP contribution is -1.90. The molecule has 1 aromatic rings. The quantitative estimate of drug-likeness (QED) is 0.528. The third kappa shape index (κ3) is 5.22. The largest absolute Gasteiger partial charge is 0.400 e. The molecule has 0 aromatic heterocycles. The molecule has 0 aliphatic carbocycles. The minimum Gasteiger partial charge on any atom is -0.400 e. The Bertz CT molecular complexity index is 204. The number of rotatable bonds is 0. The van der Waals surface area contributed by atoms with Gasteiger partial charge >= 0.3 is 0 Å². The lowest BCUT2D eigenvalue weighted by molar-refractivity contribution is 0.399. The molecule has 0 atom stereocenters. The van der Waals surface area contributed by atoms with Crippen molar-refractivity contribution < 1.29 is 5.11 Å². The Morgan fingerprint density at radius 2 is 1.54 bits per heavy atom. The Hall–Kier alpha value is -1.06. The first kappa shape index (κ1) is 14.5. The van der Waals surface area contributed by atoms with Crippen LogP contribution < -0.4 is 11.5 Å². The van der Waals surface area contributed by atoms with Crippen LogP contribution in [0.2, 0.25) is 0 Å². The lowest BCUT2D eigenvalue weighted by Gasteiger charge is -2.00. The second-order valence-corrected chi connectivity index (χ2v) is 2.29. The van der Waals surface area contributed by atoms with Gasteiger partial charge in [-0.05, 0) is 38.1 Å². The van der Waals surface area contributed by atoms with Gasteiger partial charge in [0.05, 0.1) is 0 Å². The molecule has 0 aliphatic rings. The Morgan fingerprint density at radius 1 is 1.08 bits per heavy atom. The minimum atomic E-state index is 0.884. The second kappa shape index (κ2) is 9.03. The van der Waals surface area contributed by atoms with Crippen LogP contribution in [0.5, 0.6) is 0 Å². The van der Waals surface area contributed by atoms with Crippen LogP contribution in [-0.4, -0.2) is 19.3 Å². The molecule has 0 amide bonds. The minimum absolute atomic E-state index is 0.884. The fraction of sp³-hybridized carbons (Fsp3) is 0.400. The van der Waals surface area contributed by atoms with Gasteiger partial charge in [0, 0.05) is 12.8 Å². The van der Waals surface area contributed by atoms with Gasteiger partial charge in [-0.15, -0.1) is 0 Å². The molecule has 0 bridgehead atoms. The van der Waals surface area contributed by atoms with E-state index in [4.69, 9.17) is 10.8 Å². The van der Waals surface area contributed by atoms with Crippen LogP contribution in [-0.2, 0) is 0 Å². The van der Waals surface area contributed by atoms with Gasteiger partial charge < -0.3 is 16.6 Å². The molecule has 0 unspecified atom stereocenters. The first-order valence-corrected chi connectivity index (χ1v) is 4.06. The van der Waals surface area contributed by atoms with Crippen LogP contribution in [0.25, 0.3) is 0 Å². The van der Waals surface area contributed by atoms with Crippen LogP contribution in [0.1, 0.15) is 11.1 Å². The number of nitrogen functional groups attached to an aromatic ring is 1. The molecule has 0 spiro atoms. The Labute approximate surface area is 80.4 Å². The van der Waals surface area contributed by atoms with Crippen LogP contribution in [0, 0.1) is 13.8 Å². The van der Waals surface area contributed by atoms with Crippen molar-refractivity contribution in [3.8, 4) is 0 Å². The molecule has 5 N–H and O–H groups in total. The number of hydrogen-bond donors (Lipinski definition) is 3. The fourth-order valence-corrected chi connectivity index (χ4v) is 0.774. The second-order valence-electron chi connectivity index (χ2n) is 2.29. The van der Waals surface area contributed by atoms with Gasteiger partial charge in [-0.25, -0.2) is 0 Å². The summed E-state index contributed by atoms with van der Waals surface area (Å²) in [5, 5.41) is 7.00. The van der Waals surface area contributed by atoms with Gasteiger partial charge in [-0.1, -0.05) is 12.1 Å². The molecule has 1 rings (SSSR count). The predicted molar refractivity (Wildman–Crippen MR) is 58.6 cm³/mol. The number of hydrogen-bond acceptors (Lipinski definition) is 3. The van der Waals surface area contributed by atoms with E-state index in [0.717, 1.165) is 12.8 Å². The summed E-state index contributed by atoms with van der Waals surface area (Å²) in [4.78, 5) is 0. The van der Waals surface area contributed by atoms with Crippen molar-refractivity contribution in [2.45, 2.75) is 13.8 Å². The van der Waals surface area contributed by atoms with E-state index in [1.54, 1.807) is 0 Å². The molecule has 76 valence electrons. The number of aryl methyl sites for hydroxylation is 1. The van der Waals surface area contributed by atoms with E-state index in [1.165, 1.54) is 18.2 Å². The summed E-state index contributed by atoms with van der Waals surface area (Å²) in [7, 11) is 2.50. The third-order valence-corrected chi connectivity index (χ3v) is 1.65.